The second-order valence-corrected chi connectivity index (χ2v) is 10.2. The zero-order valence-corrected chi connectivity index (χ0v) is 23.3. The molecule has 8 heteroatoms. The van der Waals surface area contributed by atoms with Gasteiger partial charge in [-0.2, -0.15) is 0 Å². The number of hydrogen-bond acceptors (Lipinski definition) is 3. The van der Waals surface area contributed by atoms with Gasteiger partial charge in [-0.05, 0) is 55.3 Å². The van der Waals surface area contributed by atoms with Crippen LogP contribution in [0.3, 0.4) is 0 Å². The maximum absolute atomic E-state index is 13.6. The zero-order valence-electron chi connectivity index (χ0n) is 20.2. The van der Waals surface area contributed by atoms with Crippen LogP contribution >= 0.6 is 39.1 Å². The second kappa shape index (κ2) is 13.7. The van der Waals surface area contributed by atoms with E-state index in [9.17, 15) is 9.59 Å². The minimum absolute atomic E-state index is 0.0457. The Morgan fingerprint density at radius 1 is 0.972 bits per heavy atom. The maximum atomic E-state index is 13.6. The van der Waals surface area contributed by atoms with Crippen LogP contribution in [0.1, 0.15) is 31.4 Å². The predicted molar refractivity (Wildman–Crippen MR) is 148 cm³/mol. The Balaban J connectivity index is 1.95. The fraction of sp³-hybridized carbons (Fsp3) is 0.286. The summed E-state index contributed by atoms with van der Waals surface area (Å²) in [7, 11) is 0. The van der Waals surface area contributed by atoms with Gasteiger partial charge in [0.25, 0.3) is 5.91 Å². The van der Waals surface area contributed by atoms with Crippen LogP contribution in [-0.4, -0.2) is 35.4 Å². The van der Waals surface area contributed by atoms with E-state index in [1.807, 2.05) is 56.3 Å². The number of carbonyl (C=O) groups is 2. The summed E-state index contributed by atoms with van der Waals surface area (Å²) in [4.78, 5) is 28.7. The van der Waals surface area contributed by atoms with Crippen molar-refractivity contribution in [3.8, 4) is 5.75 Å². The summed E-state index contributed by atoms with van der Waals surface area (Å²) in [6.07, 6.45) is 1.09. The Bertz CT molecular complexity index is 1140. The van der Waals surface area contributed by atoms with Crippen LogP contribution in [-0.2, 0) is 22.6 Å². The molecule has 0 heterocycles. The SMILES string of the molecule is CC[C@H](C)NC(=O)[C@@H](Cc1ccccc1)N(Cc1c(Cl)cccc1Cl)C(=O)COc1ccc(Br)cc1. The van der Waals surface area contributed by atoms with Gasteiger partial charge in [0.2, 0.25) is 5.91 Å². The van der Waals surface area contributed by atoms with Gasteiger partial charge in [-0.3, -0.25) is 9.59 Å². The van der Waals surface area contributed by atoms with E-state index in [1.165, 1.54) is 4.90 Å². The van der Waals surface area contributed by atoms with E-state index in [2.05, 4.69) is 21.2 Å². The standard InChI is InChI=1S/C28H29BrCl2N2O3/c1-3-19(2)32-28(35)26(16-20-8-5-4-6-9-20)33(17-23-24(30)10-7-11-25(23)31)27(34)18-36-22-14-12-21(29)13-15-22/h4-15,19,26H,3,16-18H2,1-2H3,(H,32,35)/t19-,26+/m0/s1. The molecule has 3 aromatic rings. The summed E-state index contributed by atoms with van der Waals surface area (Å²) >= 11 is 16.3. The number of hydrogen-bond donors (Lipinski definition) is 1. The number of halogens is 3. The molecule has 2 atom stereocenters. The molecule has 0 radical (unpaired) electrons. The second-order valence-electron chi connectivity index (χ2n) is 8.49. The molecule has 2 amide bonds. The van der Waals surface area contributed by atoms with E-state index >= 15 is 0 Å². The van der Waals surface area contributed by atoms with E-state index in [1.54, 1.807) is 30.3 Å². The van der Waals surface area contributed by atoms with Crippen molar-refractivity contribution >= 4 is 50.9 Å². The monoisotopic (exact) mass is 590 g/mol. The van der Waals surface area contributed by atoms with E-state index in [-0.39, 0.29) is 31.0 Å². The molecule has 3 aromatic carbocycles. The molecule has 0 aliphatic carbocycles. The van der Waals surface area contributed by atoms with Crippen LogP contribution < -0.4 is 10.1 Å². The first-order valence-electron chi connectivity index (χ1n) is 11.7. The lowest BCUT2D eigenvalue weighted by Crippen LogP contribution is -2.53. The van der Waals surface area contributed by atoms with Crippen molar-refractivity contribution in [3.63, 3.8) is 0 Å². The zero-order chi connectivity index (χ0) is 26.1. The Labute approximate surface area is 230 Å². The molecule has 0 unspecified atom stereocenters. The molecular weight excluding hydrogens is 563 g/mol. The Morgan fingerprint density at radius 2 is 1.61 bits per heavy atom. The number of nitrogens with zero attached hydrogens (tertiary/aromatic N) is 1. The van der Waals surface area contributed by atoms with Crippen LogP contribution in [0.4, 0.5) is 0 Å². The van der Waals surface area contributed by atoms with Gasteiger partial charge < -0.3 is 15.0 Å². The van der Waals surface area contributed by atoms with Gasteiger partial charge in [-0.25, -0.2) is 0 Å². The normalized spacial score (nSPS) is 12.5. The third-order valence-electron chi connectivity index (χ3n) is 5.84. The van der Waals surface area contributed by atoms with Crippen molar-refractivity contribution in [1.29, 1.82) is 0 Å². The number of amides is 2. The topological polar surface area (TPSA) is 58.6 Å². The minimum Gasteiger partial charge on any atom is -0.484 e. The quantitative estimate of drug-likeness (QED) is 0.270. The first kappa shape index (κ1) is 28.0. The van der Waals surface area contributed by atoms with Crippen LogP contribution in [0.2, 0.25) is 10.0 Å². The molecule has 0 bridgehead atoms. The van der Waals surface area contributed by atoms with Crippen LogP contribution in [0.25, 0.3) is 0 Å². The van der Waals surface area contributed by atoms with Gasteiger partial charge in [-0.15, -0.1) is 0 Å². The highest BCUT2D eigenvalue weighted by Crippen LogP contribution is 2.27. The van der Waals surface area contributed by atoms with E-state index in [0.717, 1.165) is 16.5 Å². The van der Waals surface area contributed by atoms with E-state index in [4.69, 9.17) is 27.9 Å². The van der Waals surface area contributed by atoms with E-state index < -0.39 is 6.04 Å². The fourth-order valence-electron chi connectivity index (χ4n) is 3.61. The summed E-state index contributed by atoms with van der Waals surface area (Å²) in [5, 5.41) is 3.89. The molecule has 0 saturated heterocycles. The highest BCUT2D eigenvalue weighted by molar-refractivity contribution is 9.10. The Kier molecular flexibility index (Phi) is 10.7. The van der Waals surface area contributed by atoms with Crippen molar-refractivity contribution in [2.24, 2.45) is 0 Å². The Morgan fingerprint density at radius 3 is 2.22 bits per heavy atom. The molecule has 5 nitrogen and oxygen atoms in total. The molecule has 0 saturated carbocycles. The van der Waals surface area contributed by atoms with Gasteiger partial charge in [0, 0.05) is 39.1 Å². The number of rotatable bonds is 11. The van der Waals surface area contributed by atoms with Crippen LogP contribution in [0.5, 0.6) is 5.75 Å². The lowest BCUT2D eigenvalue weighted by Gasteiger charge is -2.32. The molecule has 0 aromatic heterocycles. The molecule has 0 fully saturated rings. The molecule has 1 N–H and O–H groups in total. The highest BCUT2D eigenvalue weighted by atomic mass is 79.9. The molecule has 0 spiro atoms. The summed E-state index contributed by atoms with van der Waals surface area (Å²) in [6, 6.07) is 21.1. The number of nitrogens with one attached hydrogen (secondary N) is 1. The fourth-order valence-corrected chi connectivity index (χ4v) is 4.39. The van der Waals surface area contributed by atoms with Crippen molar-refractivity contribution in [3.05, 3.63) is 98.4 Å². The first-order chi connectivity index (χ1) is 17.3. The minimum atomic E-state index is -0.797. The predicted octanol–water partition coefficient (Wildman–Crippen LogP) is 6.69. The number of benzene rings is 3. The van der Waals surface area contributed by atoms with Gasteiger partial charge in [-0.1, -0.05) is 82.5 Å². The van der Waals surface area contributed by atoms with Gasteiger partial charge >= 0.3 is 0 Å². The molecule has 190 valence electrons. The third kappa shape index (κ3) is 7.99. The average Bonchev–Trinajstić information content (AvgIpc) is 2.87. The Hall–Kier alpha value is -2.54. The number of carbonyl (C=O) groups excluding carboxylic acids is 2. The van der Waals surface area contributed by atoms with Crippen molar-refractivity contribution in [1.82, 2.24) is 10.2 Å². The van der Waals surface area contributed by atoms with Crippen molar-refractivity contribution < 1.29 is 14.3 Å². The van der Waals surface area contributed by atoms with Crippen LogP contribution in [0, 0.1) is 0 Å². The average molecular weight is 592 g/mol. The summed E-state index contributed by atoms with van der Waals surface area (Å²) < 4.78 is 6.68. The lowest BCUT2D eigenvalue weighted by atomic mass is 10.0. The third-order valence-corrected chi connectivity index (χ3v) is 7.08. The van der Waals surface area contributed by atoms with E-state index in [0.29, 0.717) is 27.8 Å². The smallest absolute Gasteiger partial charge is 0.261 e. The van der Waals surface area contributed by atoms with Crippen molar-refractivity contribution in [2.75, 3.05) is 6.61 Å². The molecule has 0 aliphatic rings. The molecule has 0 aliphatic heterocycles. The maximum Gasteiger partial charge on any atom is 0.261 e. The lowest BCUT2D eigenvalue weighted by molar-refractivity contribution is -0.143. The van der Waals surface area contributed by atoms with Crippen LogP contribution in [0.15, 0.2) is 77.3 Å². The molecule has 36 heavy (non-hydrogen) atoms. The summed E-state index contributed by atoms with van der Waals surface area (Å²) in [5.41, 5.74) is 1.51. The number of ether oxygens (including phenoxy) is 1. The van der Waals surface area contributed by atoms with Crippen molar-refractivity contribution in [2.45, 2.75) is 45.3 Å². The molecular formula is C28H29BrCl2N2O3. The highest BCUT2D eigenvalue weighted by Gasteiger charge is 2.32. The molecule has 3 rings (SSSR count). The summed E-state index contributed by atoms with van der Waals surface area (Å²) in [5.74, 6) is -0.0477. The van der Waals surface area contributed by atoms with Gasteiger partial charge in [0.1, 0.15) is 11.8 Å². The summed E-state index contributed by atoms with van der Waals surface area (Å²) in [6.45, 7) is 3.75. The largest absolute Gasteiger partial charge is 0.484 e. The van der Waals surface area contributed by atoms with Gasteiger partial charge in [0.05, 0.1) is 0 Å². The first-order valence-corrected chi connectivity index (χ1v) is 13.3. The van der Waals surface area contributed by atoms with Gasteiger partial charge in [0.15, 0.2) is 6.61 Å².